The van der Waals surface area contributed by atoms with E-state index in [1.165, 1.54) is 0 Å². The molecule has 2 aromatic heterocycles. The highest BCUT2D eigenvalue weighted by Gasteiger charge is 2.32. The van der Waals surface area contributed by atoms with Crippen LogP contribution in [0.5, 0.6) is 0 Å². The number of thiophene rings is 1. The maximum absolute atomic E-state index is 12.4. The molecule has 1 atom stereocenters. The molecule has 0 saturated heterocycles. The molecular formula is C16H17F3N2O2S. The minimum absolute atomic E-state index is 0.0529. The zero-order valence-electron chi connectivity index (χ0n) is 12.7. The maximum Gasteiger partial charge on any atom is 0.433 e. The molecule has 24 heavy (non-hydrogen) atoms. The van der Waals surface area contributed by atoms with Crippen LogP contribution in [0.1, 0.15) is 40.4 Å². The fourth-order valence-electron chi connectivity index (χ4n) is 2.30. The van der Waals surface area contributed by atoms with Crippen LogP contribution in [0.3, 0.4) is 0 Å². The van der Waals surface area contributed by atoms with Gasteiger partial charge in [0.2, 0.25) is 0 Å². The Labute approximate surface area is 141 Å². The lowest BCUT2D eigenvalue weighted by molar-refractivity contribution is -0.141. The topological polar surface area (TPSA) is 62.2 Å². The summed E-state index contributed by atoms with van der Waals surface area (Å²) >= 11 is 1.56. The first-order valence-corrected chi connectivity index (χ1v) is 8.30. The van der Waals surface area contributed by atoms with Gasteiger partial charge in [-0.15, -0.1) is 0 Å². The van der Waals surface area contributed by atoms with E-state index in [0.29, 0.717) is 19.4 Å². The summed E-state index contributed by atoms with van der Waals surface area (Å²) in [7, 11) is 0. The molecule has 8 heteroatoms. The van der Waals surface area contributed by atoms with Crippen molar-refractivity contribution in [3.05, 3.63) is 52.0 Å². The van der Waals surface area contributed by atoms with Crippen LogP contribution < -0.4 is 5.32 Å². The highest BCUT2D eigenvalue weighted by molar-refractivity contribution is 7.07. The minimum atomic E-state index is -4.52. The van der Waals surface area contributed by atoms with Crippen LogP contribution in [0.2, 0.25) is 0 Å². The molecule has 0 radical (unpaired) electrons. The third-order valence-electron chi connectivity index (χ3n) is 3.59. The summed E-state index contributed by atoms with van der Waals surface area (Å²) in [6, 6.07) is 3.87. The van der Waals surface area contributed by atoms with Gasteiger partial charge in [0.25, 0.3) is 5.91 Å². The number of alkyl halides is 3. The average Bonchev–Trinajstić information content (AvgIpc) is 3.07. The lowest BCUT2D eigenvalue weighted by Gasteiger charge is -2.15. The Bertz CT molecular complexity index is 642. The van der Waals surface area contributed by atoms with Gasteiger partial charge in [0.1, 0.15) is 5.69 Å². The normalized spacial score (nSPS) is 12.8. The molecule has 4 nitrogen and oxygen atoms in total. The summed E-state index contributed by atoms with van der Waals surface area (Å²) in [6.45, 7) is 0.414. The maximum atomic E-state index is 12.4. The van der Waals surface area contributed by atoms with E-state index < -0.39 is 17.8 Å². The molecule has 2 rings (SSSR count). The van der Waals surface area contributed by atoms with Crippen molar-refractivity contribution in [3.8, 4) is 0 Å². The van der Waals surface area contributed by atoms with Crippen LogP contribution in [-0.4, -0.2) is 29.1 Å². The first-order chi connectivity index (χ1) is 11.4. The van der Waals surface area contributed by atoms with Gasteiger partial charge in [-0.1, -0.05) is 0 Å². The van der Waals surface area contributed by atoms with E-state index in [4.69, 9.17) is 5.11 Å². The number of rotatable bonds is 7. The lowest BCUT2D eigenvalue weighted by Crippen LogP contribution is -2.26. The number of amides is 1. The number of carbonyl (C=O) groups excluding carboxylic acids is 1. The second-order valence-corrected chi connectivity index (χ2v) is 6.02. The SMILES string of the molecule is O=C(NCC[C@H](CCO)c1ccsc1)c1ccc(C(F)(F)F)nc1. The van der Waals surface area contributed by atoms with Crippen LogP contribution in [0, 0.1) is 0 Å². The van der Waals surface area contributed by atoms with Crippen LogP contribution >= 0.6 is 11.3 Å². The molecule has 130 valence electrons. The summed E-state index contributed by atoms with van der Waals surface area (Å²) in [4.78, 5) is 15.2. The minimum Gasteiger partial charge on any atom is -0.396 e. The third-order valence-corrected chi connectivity index (χ3v) is 4.29. The van der Waals surface area contributed by atoms with Gasteiger partial charge in [0.15, 0.2) is 0 Å². The van der Waals surface area contributed by atoms with Gasteiger partial charge < -0.3 is 10.4 Å². The van der Waals surface area contributed by atoms with E-state index in [-0.39, 0.29) is 18.1 Å². The smallest absolute Gasteiger partial charge is 0.396 e. The van der Waals surface area contributed by atoms with E-state index in [1.807, 2.05) is 16.8 Å². The number of halogens is 3. The third kappa shape index (κ3) is 5.04. The molecule has 1 amide bonds. The van der Waals surface area contributed by atoms with Gasteiger partial charge in [-0.05, 0) is 53.3 Å². The summed E-state index contributed by atoms with van der Waals surface area (Å²) in [5, 5.41) is 15.8. The largest absolute Gasteiger partial charge is 0.433 e. The molecule has 0 aromatic carbocycles. The number of nitrogens with zero attached hydrogens (tertiary/aromatic N) is 1. The molecular weight excluding hydrogens is 341 g/mol. The van der Waals surface area contributed by atoms with E-state index >= 15 is 0 Å². The van der Waals surface area contributed by atoms with Crippen molar-refractivity contribution < 1.29 is 23.1 Å². The molecule has 0 unspecified atom stereocenters. The van der Waals surface area contributed by atoms with Crippen LogP contribution in [0.15, 0.2) is 35.2 Å². The van der Waals surface area contributed by atoms with E-state index in [1.54, 1.807) is 11.3 Å². The Hall–Kier alpha value is -1.93. The highest BCUT2D eigenvalue weighted by Crippen LogP contribution is 2.27. The predicted octanol–water partition coefficient (Wildman–Crippen LogP) is 3.45. The number of hydrogen-bond acceptors (Lipinski definition) is 4. The number of nitrogens with one attached hydrogen (secondary N) is 1. The summed E-state index contributed by atoms with van der Waals surface area (Å²) in [6.07, 6.45) is -2.37. The van der Waals surface area contributed by atoms with Crippen molar-refractivity contribution in [1.82, 2.24) is 10.3 Å². The number of pyridine rings is 1. The molecule has 0 spiro atoms. The Morgan fingerprint density at radius 1 is 1.29 bits per heavy atom. The highest BCUT2D eigenvalue weighted by atomic mass is 32.1. The lowest BCUT2D eigenvalue weighted by atomic mass is 9.95. The Morgan fingerprint density at radius 2 is 2.08 bits per heavy atom. The van der Waals surface area contributed by atoms with Gasteiger partial charge in [-0.25, -0.2) is 0 Å². The second-order valence-electron chi connectivity index (χ2n) is 5.24. The summed E-state index contributed by atoms with van der Waals surface area (Å²) in [5.41, 5.74) is 0.163. The fraction of sp³-hybridized carbons (Fsp3) is 0.375. The zero-order chi connectivity index (χ0) is 17.6. The summed E-state index contributed by atoms with van der Waals surface area (Å²) in [5.74, 6) is -0.337. The number of hydrogen-bond donors (Lipinski definition) is 2. The first-order valence-electron chi connectivity index (χ1n) is 7.36. The van der Waals surface area contributed by atoms with E-state index in [2.05, 4.69) is 10.3 Å². The quantitative estimate of drug-likeness (QED) is 0.797. The monoisotopic (exact) mass is 358 g/mol. The molecule has 0 saturated carbocycles. The van der Waals surface area contributed by atoms with Gasteiger partial charge in [-0.2, -0.15) is 24.5 Å². The first kappa shape index (κ1) is 18.4. The molecule has 0 bridgehead atoms. The van der Waals surface area contributed by atoms with Gasteiger partial charge >= 0.3 is 6.18 Å². The molecule has 2 N–H and O–H groups in total. The standard InChI is InChI=1S/C16H17F3N2O2S/c17-16(18,19)14-2-1-12(9-21-14)15(23)20-6-3-11(4-7-22)13-5-8-24-10-13/h1-2,5,8-11,22H,3-4,6-7H2,(H,20,23)/t11-/m1/s1. The molecule has 0 fully saturated rings. The van der Waals surface area contributed by atoms with E-state index in [0.717, 1.165) is 23.9 Å². The van der Waals surface area contributed by atoms with Gasteiger partial charge in [-0.3, -0.25) is 9.78 Å². The number of carbonyl (C=O) groups is 1. The van der Waals surface area contributed by atoms with Crippen molar-refractivity contribution in [2.75, 3.05) is 13.2 Å². The van der Waals surface area contributed by atoms with Crippen LogP contribution in [-0.2, 0) is 6.18 Å². The number of aliphatic hydroxyl groups is 1. The van der Waals surface area contributed by atoms with Crippen molar-refractivity contribution in [2.24, 2.45) is 0 Å². The Kier molecular flexibility index (Phi) is 6.33. The number of aliphatic hydroxyl groups excluding tert-OH is 1. The summed E-state index contributed by atoms with van der Waals surface area (Å²) < 4.78 is 37.3. The predicted molar refractivity (Wildman–Crippen MR) is 85.0 cm³/mol. The average molecular weight is 358 g/mol. The van der Waals surface area contributed by atoms with Crippen molar-refractivity contribution in [2.45, 2.75) is 24.9 Å². The van der Waals surface area contributed by atoms with E-state index in [9.17, 15) is 18.0 Å². The van der Waals surface area contributed by atoms with Crippen LogP contribution in [0.4, 0.5) is 13.2 Å². The second kappa shape index (κ2) is 8.25. The Balaban J connectivity index is 1.88. The Morgan fingerprint density at radius 3 is 2.62 bits per heavy atom. The molecule has 2 heterocycles. The van der Waals surface area contributed by atoms with Crippen LogP contribution in [0.25, 0.3) is 0 Å². The van der Waals surface area contributed by atoms with Crippen molar-refractivity contribution >= 4 is 17.2 Å². The van der Waals surface area contributed by atoms with Gasteiger partial charge in [0, 0.05) is 19.3 Å². The molecule has 0 aliphatic heterocycles. The van der Waals surface area contributed by atoms with Gasteiger partial charge in [0.05, 0.1) is 5.56 Å². The molecule has 0 aliphatic carbocycles. The number of aromatic nitrogens is 1. The van der Waals surface area contributed by atoms with Crippen molar-refractivity contribution in [1.29, 1.82) is 0 Å². The molecule has 0 aliphatic rings. The fourth-order valence-corrected chi connectivity index (χ4v) is 3.04. The zero-order valence-corrected chi connectivity index (χ0v) is 13.5. The molecule has 2 aromatic rings. The van der Waals surface area contributed by atoms with Crippen molar-refractivity contribution in [3.63, 3.8) is 0 Å².